The van der Waals surface area contributed by atoms with Gasteiger partial charge in [0.25, 0.3) is 0 Å². The van der Waals surface area contributed by atoms with E-state index in [4.69, 9.17) is 0 Å². The summed E-state index contributed by atoms with van der Waals surface area (Å²) in [7, 11) is 2.22. The summed E-state index contributed by atoms with van der Waals surface area (Å²) in [6.07, 6.45) is 2.95. The summed E-state index contributed by atoms with van der Waals surface area (Å²) in [6.45, 7) is 4.53. The Bertz CT molecular complexity index is 975. The Labute approximate surface area is 195 Å². The third-order valence-corrected chi connectivity index (χ3v) is 7.12. The van der Waals surface area contributed by atoms with Gasteiger partial charge in [-0.3, -0.25) is 9.88 Å². The van der Waals surface area contributed by atoms with Crippen LogP contribution < -0.4 is 0 Å². The van der Waals surface area contributed by atoms with Crippen LogP contribution in [0.4, 0.5) is 0 Å². The molecule has 0 radical (unpaired) electrons. The minimum absolute atomic E-state index is 0. The second-order valence-corrected chi connectivity index (χ2v) is 8.82. The van der Waals surface area contributed by atoms with Gasteiger partial charge in [-0.05, 0) is 54.9 Å². The standard InChI is InChI=1S/C24H25N3S.2ClH/c1-26-12-14-27(15-13-26)22-17-19-6-2-3-8-23(19)28-24-10-9-18(16-20(22)24)21-7-4-5-11-25-21;;/h2-11,16,22H,12-15,17H2,1H3;2*1H. The zero-order chi connectivity index (χ0) is 18.9. The highest BCUT2D eigenvalue weighted by Gasteiger charge is 2.29. The van der Waals surface area contributed by atoms with Gasteiger partial charge in [0.1, 0.15) is 0 Å². The first-order chi connectivity index (χ1) is 13.8. The van der Waals surface area contributed by atoms with Crippen LogP contribution in [0.1, 0.15) is 17.2 Å². The van der Waals surface area contributed by atoms with E-state index in [2.05, 4.69) is 76.4 Å². The highest BCUT2D eigenvalue weighted by atomic mass is 35.5. The van der Waals surface area contributed by atoms with E-state index in [1.54, 1.807) is 0 Å². The Morgan fingerprint density at radius 2 is 1.63 bits per heavy atom. The second-order valence-electron chi connectivity index (χ2n) is 7.74. The fourth-order valence-corrected chi connectivity index (χ4v) is 5.38. The largest absolute Gasteiger partial charge is 0.304 e. The fraction of sp³-hybridized carbons (Fsp3) is 0.292. The van der Waals surface area contributed by atoms with Crippen molar-refractivity contribution >= 4 is 36.6 Å². The molecule has 3 nitrogen and oxygen atoms in total. The van der Waals surface area contributed by atoms with Crippen molar-refractivity contribution in [3.63, 3.8) is 0 Å². The van der Waals surface area contributed by atoms with Crippen molar-refractivity contribution in [3.8, 4) is 11.3 Å². The van der Waals surface area contributed by atoms with E-state index in [-0.39, 0.29) is 24.8 Å². The molecule has 30 heavy (non-hydrogen) atoms. The predicted octanol–water partition coefficient (Wildman–Crippen LogP) is 5.59. The molecular weight excluding hydrogens is 433 g/mol. The lowest BCUT2D eigenvalue weighted by molar-refractivity contribution is 0.110. The molecule has 2 aromatic carbocycles. The summed E-state index contributed by atoms with van der Waals surface area (Å²) in [5, 5.41) is 0. The molecule has 3 heterocycles. The van der Waals surface area contributed by atoms with E-state index in [1.807, 2.05) is 24.0 Å². The summed E-state index contributed by atoms with van der Waals surface area (Å²) in [5.41, 5.74) is 5.18. The molecule has 0 aliphatic carbocycles. The third kappa shape index (κ3) is 4.68. The topological polar surface area (TPSA) is 19.4 Å². The van der Waals surface area contributed by atoms with Crippen molar-refractivity contribution < 1.29 is 0 Å². The quantitative estimate of drug-likeness (QED) is 0.497. The van der Waals surface area contributed by atoms with E-state index < -0.39 is 0 Å². The van der Waals surface area contributed by atoms with Gasteiger partial charge >= 0.3 is 0 Å². The maximum absolute atomic E-state index is 4.58. The second kappa shape index (κ2) is 10.2. The minimum Gasteiger partial charge on any atom is -0.304 e. The Morgan fingerprint density at radius 3 is 2.40 bits per heavy atom. The molecule has 2 aliphatic rings. The number of pyridine rings is 1. The predicted molar refractivity (Wildman–Crippen MR) is 130 cm³/mol. The molecule has 0 spiro atoms. The van der Waals surface area contributed by atoms with Crippen LogP contribution in [0.2, 0.25) is 0 Å². The van der Waals surface area contributed by atoms with Crippen LogP contribution >= 0.6 is 36.6 Å². The van der Waals surface area contributed by atoms with Crippen molar-refractivity contribution in [1.29, 1.82) is 0 Å². The number of benzene rings is 2. The van der Waals surface area contributed by atoms with E-state index in [9.17, 15) is 0 Å². The zero-order valence-electron chi connectivity index (χ0n) is 17.0. The molecule has 1 saturated heterocycles. The molecule has 1 unspecified atom stereocenters. The first kappa shape index (κ1) is 23.1. The Hall–Kier alpha value is -1.56. The van der Waals surface area contributed by atoms with Gasteiger partial charge in [-0.1, -0.05) is 42.1 Å². The normalized spacial score (nSPS) is 18.9. The van der Waals surface area contributed by atoms with Crippen molar-refractivity contribution in [3.05, 3.63) is 78.0 Å². The number of rotatable bonds is 2. The van der Waals surface area contributed by atoms with Crippen LogP contribution in [0.3, 0.4) is 0 Å². The fourth-order valence-electron chi connectivity index (χ4n) is 4.26. The van der Waals surface area contributed by atoms with Crippen molar-refractivity contribution in [2.24, 2.45) is 0 Å². The SMILES string of the molecule is CN1CCN(C2Cc3ccccc3Sc3ccc(-c4ccccn4)cc32)CC1.Cl.Cl. The van der Waals surface area contributed by atoms with Crippen LogP contribution in [0.25, 0.3) is 11.3 Å². The maximum atomic E-state index is 4.58. The molecule has 0 N–H and O–H groups in total. The third-order valence-electron chi connectivity index (χ3n) is 5.91. The minimum atomic E-state index is 0. The van der Waals surface area contributed by atoms with Crippen molar-refractivity contribution in [2.45, 2.75) is 22.3 Å². The first-order valence-corrected chi connectivity index (χ1v) is 10.8. The molecule has 1 fully saturated rings. The lowest BCUT2D eigenvalue weighted by Gasteiger charge is -2.38. The molecule has 6 heteroatoms. The van der Waals surface area contributed by atoms with E-state index in [0.29, 0.717) is 6.04 Å². The Balaban J connectivity index is 0.00000128. The molecule has 0 bridgehead atoms. The maximum Gasteiger partial charge on any atom is 0.0702 e. The average molecular weight is 460 g/mol. The molecular formula is C24H27Cl2N3S. The molecule has 2 aliphatic heterocycles. The number of aromatic nitrogens is 1. The van der Waals surface area contributed by atoms with Gasteiger partial charge in [0.2, 0.25) is 0 Å². The van der Waals surface area contributed by atoms with Crippen LogP contribution in [0.15, 0.2) is 76.7 Å². The van der Waals surface area contributed by atoms with Gasteiger partial charge in [-0.25, -0.2) is 0 Å². The van der Waals surface area contributed by atoms with Crippen LogP contribution in [-0.2, 0) is 6.42 Å². The number of hydrogen-bond acceptors (Lipinski definition) is 4. The number of hydrogen-bond donors (Lipinski definition) is 0. The summed E-state index contributed by atoms with van der Waals surface area (Å²) in [5.74, 6) is 0. The highest BCUT2D eigenvalue weighted by Crippen LogP contribution is 2.44. The molecule has 0 amide bonds. The first-order valence-electron chi connectivity index (χ1n) is 10.0. The van der Waals surface area contributed by atoms with E-state index in [1.165, 1.54) is 26.5 Å². The summed E-state index contributed by atoms with van der Waals surface area (Å²) >= 11 is 1.92. The molecule has 1 aromatic heterocycles. The van der Waals surface area contributed by atoms with Crippen molar-refractivity contribution in [1.82, 2.24) is 14.8 Å². The lowest BCUT2D eigenvalue weighted by atomic mass is 9.94. The van der Waals surface area contributed by atoms with Gasteiger partial charge in [0.05, 0.1) is 5.69 Å². The number of fused-ring (bicyclic) bond motifs is 2. The Kier molecular flexibility index (Phi) is 7.83. The molecule has 0 saturated carbocycles. The van der Waals surface area contributed by atoms with Crippen molar-refractivity contribution in [2.75, 3.05) is 33.2 Å². The highest BCUT2D eigenvalue weighted by molar-refractivity contribution is 7.99. The van der Waals surface area contributed by atoms with E-state index in [0.717, 1.165) is 38.3 Å². The summed E-state index contributed by atoms with van der Waals surface area (Å²) in [6, 6.07) is 22.4. The number of piperazine rings is 1. The summed E-state index contributed by atoms with van der Waals surface area (Å²) < 4.78 is 0. The average Bonchev–Trinajstić information content (AvgIpc) is 2.91. The number of halogens is 2. The van der Waals surface area contributed by atoms with Gasteiger partial charge in [0.15, 0.2) is 0 Å². The summed E-state index contributed by atoms with van der Waals surface area (Å²) in [4.78, 5) is 12.5. The van der Waals surface area contributed by atoms with Crippen LogP contribution in [0, 0.1) is 0 Å². The van der Waals surface area contributed by atoms with Gasteiger partial charge in [-0.15, -0.1) is 24.8 Å². The molecule has 158 valence electrons. The number of likely N-dealkylation sites (N-methyl/N-ethyl adjacent to an activating group) is 1. The van der Waals surface area contributed by atoms with Gasteiger partial charge in [-0.2, -0.15) is 0 Å². The molecule has 1 atom stereocenters. The monoisotopic (exact) mass is 459 g/mol. The van der Waals surface area contributed by atoms with E-state index >= 15 is 0 Å². The number of nitrogens with zero attached hydrogens (tertiary/aromatic N) is 3. The van der Waals surface area contributed by atoms with Gasteiger partial charge < -0.3 is 4.90 Å². The zero-order valence-corrected chi connectivity index (χ0v) is 19.5. The van der Waals surface area contributed by atoms with Gasteiger partial charge in [0, 0.05) is 53.8 Å². The molecule has 5 rings (SSSR count). The van der Waals surface area contributed by atoms with Crippen LogP contribution in [0.5, 0.6) is 0 Å². The molecule has 3 aromatic rings. The smallest absolute Gasteiger partial charge is 0.0702 e. The Morgan fingerprint density at radius 1 is 0.867 bits per heavy atom. The lowest BCUT2D eigenvalue weighted by Crippen LogP contribution is -2.46. The van der Waals surface area contributed by atoms with Crippen LogP contribution in [-0.4, -0.2) is 48.0 Å².